The maximum atomic E-state index is 8.21. The maximum Gasteiger partial charge on any atom is 0.0944 e. The van der Waals surface area contributed by atoms with E-state index in [2.05, 4.69) is 6.07 Å². The predicted octanol–water partition coefficient (Wildman–Crippen LogP) is 0.0793. The second kappa shape index (κ2) is 5.58. The van der Waals surface area contributed by atoms with Gasteiger partial charge in [0.25, 0.3) is 0 Å². The van der Waals surface area contributed by atoms with Gasteiger partial charge < -0.3 is 0 Å². The van der Waals surface area contributed by atoms with E-state index in [1.807, 2.05) is 25.9 Å². The average molecular weight is 121 g/mol. The van der Waals surface area contributed by atoms with Crippen LogP contribution >= 0.6 is 0 Å². The monoisotopic (exact) mass is 121 g/mol. The van der Waals surface area contributed by atoms with Crippen molar-refractivity contribution in [3.8, 4) is 6.07 Å². The molecule has 0 saturated heterocycles. The summed E-state index contributed by atoms with van der Waals surface area (Å²) in [5, 5.41) is 8.21. The summed E-state index contributed by atoms with van der Waals surface area (Å²) in [6, 6.07) is 2.13. The maximum absolute atomic E-state index is 8.21. The Morgan fingerprint density at radius 3 is 1.88 bits per heavy atom. The summed E-state index contributed by atoms with van der Waals surface area (Å²) in [6.45, 7) is 1.86. The van der Waals surface area contributed by atoms with Gasteiger partial charge in [-0.1, -0.05) is 0 Å². The summed E-state index contributed by atoms with van der Waals surface area (Å²) in [4.78, 5) is 1.86. The molecule has 0 amide bonds. The molecular weight excluding hydrogens is 111 g/mol. The standard InChI is InChI=1S/C5H10N2.Na/c1-5(4-6)7(2)3;/h5H,1-3H3;. The van der Waals surface area contributed by atoms with Crippen molar-refractivity contribution >= 4 is 29.6 Å². The summed E-state index contributed by atoms with van der Waals surface area (Å²) in [7, 11) is 3.77. The molecule has 41 valence electrons. The molecule has 0 aromatic heterocycles. The molecule has 0 aromatic carbocycles. The Morgan fingerprint density at radius 2 is 1.88 bits per heavy atom. The molecule has 0 bridgehead atoms. The second-order valence-electron chi connectivity index (χ2n) is 1.77. The fourth-order valence-corrected chi connectivity index (χ4v) is 0.115. The molecule has 0 aromatic rings. The molecule has 3 heteroatoms. The van der Waals surface area contributed by atoms with Gasteiger partial charge in [0.1, 0.15) is 0 Å². The first-order chi connectivity index (χ1) is 3.18. The van der Waals surface area contributed by atoms with Crippen LogP contribution < -0.4 is 0 Å². The van der Waals surface area contributed by atoms with Crippen LogP contribution in [0.5, 0.6) is 0 Å². The van der Waals surface area contributed by atoms with E-state index in [0.717, 1.165) is 0 Å². The molecule has 0 N–H and O–H groups in total. The SMILES string of the molecule is CC(C#N)N(C)C.[Na]. The molecule has 1 radical (unpaired) electrons. The summed E-state index contributed by atoms with van der Waals surface area (Å²) in [5.41, 5.74) is 0. The summed E-state index contributed by atoms with van der Waals surface area (Å²) >= 11 is 0. The number of hydrogen-bond donors (Lipinski definition) is 0. The van der Waals surface area contributed by atoms with E-state index in [0.29, 0.717) is 0 Å². The van der Waals surface area contributed by atoms with Crippen LogP contribution in [0.2, 0.25) is 0 Å². The first-order valence-electron chi connectivity index (χ1n) is 2.24. The Hall–Kier alpha value is 0.450. The molecule has 0 aliphatic rings. The summed E-state index contributed by atoms with van der Waals surface area (Å²) in [5.74, 6) is 0. The van der Waals surface area contributed by atoms with Crippen molar-refractivity contribution in [2.45, 2.75) is 13.0 Å². The van der Waals surface area contributed by atoms with E-state index in [1.165, 1.54) is 0 Å². The van der Waals surface area contributed by atoms with E-state index in [1.54, 1.807) is 0 Å². The quantitative estimate of drug-likeness (QED) is 0.459. The summed E-state index contributed by atoms with van der Waals surface area (Å²) in [6.07, 6.45) is 0. The van der Waals surface area contributed by atoms with E-state index >= 15 is 0 Å². The van der Waals surface area contributed by atoms with Gasteiger partial charge in [0, 0.05) is 29.6 Å². The molecule has 0 rings (SSSR count). The number of nitriles is 1. The van der Waals surface area contributed by atoms with Crippen LogP contribution in [-0.4, -0.2) is 54.6 Å². The third-order valence-corrected chi connectivity index (χ3v) is 0.961. The molecule has 8 heavy (non-hydrogen) atoms. The van der Waals surface area contributed by atoms with Crippen molar-refractivity contribution in [2.24, 2.45) is 0 Å². The van der Waals surface area contributed by atoms with Crippen molar-refractivity contribution in [1.82, 2.24) is 4.90 Å². The molecule has 2 nitrogen and oxygen atoms in total. The molecule has 0 aliphatic carbocycles. The molecule has 1 unspecified atom stereocenters. The van der Waals surface area contributed by atoms with Gasteiger partial charge in [-0.25, -0.2) is 0 Å². The normalized spacial score (nSPS) is 11.9. The molecule has 1 atom stereocenters. The van der Waals surface area contributed by atoms with Gasteiger partial charge in [-0.3, -0.25) is 4.90 Å². The van der Waals surface area contributed by atoms with Crippen LogP contribution in [0.1, 0.15) is 6.92 Å². The van der Waals surface area contributed by atoms with Gasteiger partial charge in [-0.05, 0) is 21.0 Å². The van der Waals surface area contributed by atoms with Crippen molar-refractivity contribution in [1.29, 1.82) is 5.26 Å². The van der Waals surface area contributed by atoms with Crippen LogP contribution in [0.15, 0.2) is 0 Å². The minimum atomic E-state index is 0. The van der Waals surface area contributed by atoms with Gasteiger partial charge in [0.05, 0.1) is 12.1 Å². The van der Waals surface area contributed by atoms with Gasteiger partial charge in [0.15, 0.2) is 0 Å². The number of nitrogens with zero attached hydrogens (tertiary/aromatic N) is 2. The minimum Gasteiger partial charge on any atom is -0.294 e. The molecule has 0 aliphatic heterocycles. The van der Waals surface area contributed by atoms with Crippen LogP contribution in [0.3, 0.4) is 0 Å². The van der Waals surface area contributed by atoms with Gasteiger partial charge in [-0.2, -0.15) is 5.26 Å². The van der Waals surface area contributed by atoms with E-state index < -0.39 is 0 Å². The third-order valence-electron chi connectivity index (χ3n) is 0.961. The summed E-state index contributed by atoms with van der Waals surface area (Å²) < 4.78 is 0. The zero-order chi connectivity index (χ0) is 5.86. The van der Waals surface area contributed by atoms with Gasteiger partial charge in [0.2, 0.25) is 0 Å². The number of hydrogen-bond acceptors (Lipinski definition) is 2. The van der Waals surface area contributed by atoms with Gasteiger partial charge >= 0.3 is 0 Å². The number of rotatable bonds is 1. The first-order valence-corrected chi connectivity index (χ1v) is 2.24. The Bertz CT molecular complexity index is 84.9. The van der Waals surface area contributed by atoms with E-state index in [-0.39, 0.29) is 35.6 Å². The minimum absolute atomic E-state index is 0. The van der Waals surface area contributed by atoms with Crippen LogP contribution in [0.25, 0.3) is 0 Å². The van der Waals surface area contributed by atoms with Gasteiger partial charge in [-0.15, -0.1) is 0 Å². The Morgan fingerprint density at radius 1 is 1.50 bits per heavy atom. The van der Waals surface area contributed by atoms with Crippen LogP contribution in [0.4, 0.5) is 0 Å². The first kappa shape index (κ1) is 11.3. The topological polar surface area (TPSA) is 27.0 Å². The van der Waals surface area contributed by atoms with Crippen LogP contribution in [0, 0.1) is 11.3 Å². The van der Waals surface area contributed by atoms with Crippen LogP contribution in [-0.2, 0) is 0 Å². The van der Waals surface area contributed by atoms with E-state index in [4.69, 9.17) is 5.26 Å². The zero-order valence-corrected chi connectivity index (χ0v) is 7.97. The molecular formula is C5H10N2Na. The smallest absolute Gasteiger partial charge is 0.0944 e. The zero-order valence-electron chi connectivity index (χ0n) is 5.97. The molecule has 0 heterocycles. The Balaban J connectivity index is 0. The Labute approximate surface area is 72.8 Å². The van der Waals surface area contributed by atoms with Crippen molar-refractivity contribution < 1.29 is 0 Å². The second-order valence-corrected chi connectivity index (χ2v) is 1.77. The fourth-order valence-electron chi connectivity index (χ4n) is 0.115. The molecule has 0 fully saturated rings. The largest absolute Gasteiger partial charge is 0.294 e. The Kier molecular flexibility index (Phi) is 7.87. The molecule has 0 saturated carbocycles. The van der Waals surface area contributed by atoms with E-state index in [9.17, 15) is 0 Å². The van der Waals surface area contributed by atoms with Crippen molar-refractivity contribution in [3.63, 3.8) is 0 Å². The predicted molar refractivity (Wildman–Crippen MR) is 34.5 cm³/mol. The fraction of sp³-hybridized carbons (Fsp3) is 0.800. The van der Waals surface area contributed by atoms with Crippen molar-refractivity contribution in [2.75, 3.05) is 14.1 Å². The average Bonchev–Trinajstić information content (AvgIpc) is 1.65. The van der Waals surface area contributed by atoms with Crippen molar-refractivity contribution in [3.05, 3.63) is 0 Å². The third kappa shape index (κ3) is 4.61. The molecule has 0 spiro atoms.